The minimum atomic E-state index is -0.943. The molecule has 5 heteroatoms. The van der Waals surface area contributed by atoms with Gasteiger partial charge in [-0.2, -0.15) is 0 Å². The Morgan fingerprint density at radius 2 is 2.05 bits per heavy atom. The van der Waals surface area contributed by atoms with Crippen molar-refractivity contribution in [3.63, 3.8) is 0 Å². The number of methoxy groups -OCH3 is 1. The minimum Gasteiger partial charge on any atom is -0.480 e. The third-order valence-electron chi connectivity index (χ3n) is 4.34. The summed E-state index contributed by atoms with van der Waals surface area (Å²) in [5, 5.41) is 9.47. The largest absolute Gasteiger partial charge is 0.480 e. The number of rotatable bonds is 4. The van der Waals surface area contributed by atoms with Crippen molar-refractivity contribution < 1.29 is 19.4 Å². The summed E-state index contributed by atoms with van der Waals surface area (Å²) in [6.45, 7) is 7.88. The standard InChI is InChI=1S/C14H25NO4/c1-6-14(4,19-5)12(18)15-9-7-8-13(2,3)10(15)11(16)17/h10H,6-9H2,1-5H3,(H,16,17). The number of piperidine rings is 1. The molecule has 1 aliphatic rings. The highest BCUT2D eigenvalue weighted by atomic mass is 16.5. The highest BCUT2D eigenvalue weighted by Gasteiger charge is 2.48. The molecule has 0 saturated carbocycles. The molecule has 19 heavy (non-hydrogen) atoms. The average molecular weight is 271 g/mol. The second-order valence-electron chi connectivity index (χ2n) is 6.12. The first-order valence-corrected chi connectivity index (χ1v) is 6.78. The summed E-state index contributed by atoms with van der Waals surface area (Å²) in [6.07, 6.45) is 2.15. The zero-order valence-electron chi connectivity index (χ0n) is 12.5. The summed E-state index contributed by atoms with van der Waals surface area (Å²) in [7, 11) is 1.49. The van der Waals surface area contributed by atoms with Crippen molar-refractivity contribution in [2.75, 3.05) is 13.7 Å². The molecule has 1 amide bonds. The van der Waals surface area contributed by atoms with Gasteiger partial charge >= 0.3 is 5.97 Å². The molecule has 1 heterocycles. The maximum atomic E-state index is 12.6. The Morgan fingerprint density at radius 3 is 2.47 bits per heavy atom. The van der Waals surface area contributed by atoms with E-state index in [9.17, 15) is 14.7 Å². The predicted octanol–water partition coefficient (Wildman–Crippen LogP) is 1.90. The molecular weight excluding hydrogens is 246 g/mol. The molecule has 1 aliphatic heterocycles. The summed E-state index contributed by atoms with van der Waals surface area (Å²) in [6, 6.07) is -0.783. The Morgan fingerprint density at radius 1 is 1.47 bits per heavy atom. The number of amides is 1. The molecule has 2 atom stereocenters. The number of hydrogen-bond acceptors (Lipinski definition) is 3. The summed E-state index contributed by atoms with van der Waals surface area (Å²) in [5.74, 6) is -1.16. The van der Waals surface area contributed by atoms with Crippen LogP contribution in [0.3, 0.4) is 0 Å². The van der Waals surface area contributed by atoms with E-state index in [0.29, 0.717) is 13.0 Å². The zero-order chi connectivity index (χ0) is 14.8. The fourth-order valence-electron chi connectivity index (χ4n) is 2.77. The van der Waals surface area contributed by atoms with Gasteiger partial charge in [0.2, 0.25) is 0 Å². The molecule has 0 bridgehead atoms. The second-order valence-corrected chi connectivity index (χ2v) is 6.12. The summed E-state index contributed by atoms with van der Waals surface area (Å²) < 4.78 is 5.31. The Labute approximate surface area is 114 Å². The smallest absolute Gasteiger partial charge is 0.326 e. The SMILES string of the molecule is CCC(C)(OC)C(=O)N1CCCC(C)(C)C1C(=O)O. The van der Waals surface area contributed by atoms with Gasteiger partial charge in [0.05, 0.1) is 0 Å². The van der Waals surface area contributed by atoms with Crippen LogP contribution in [-0.4, -0.2) is 47.2 Å². The van der Waals surface area contributed by atoms with Gasteiger partial charge in [-0.15, -0.1) is 0 Å². The molecule has 1 fully saturated rings. The van der Waals surface area contributed by atoms with Crippen molar-refractivity contribution in [1.82, 2.24) is 4.90 Å². The lowest BCUT2D eigenvalue weighted by Gasteiger charge is -2.46. The molecule has 2 unspecified atom stereocenters. The molecule has 0 aromatic heterocycles. The van der Waals surface area contributed by atoms with Crippen LogP contribution < -0.4 is 0 Å². The molecule has 0 aromatic rings. The molecular formula is C14H25NO4. The van der Waals surface area contributed by atoms with Crippen molar-refractivity contribution in [3.05, 3.63) is 0 Å². The number of carbonyl (C=O) groups is 2. The third kappa shape index (κ3) is 2.91. The van der Waals surface area contributed by atoms with E-state index in [1.54, 1.807) is 6.92 Å². The number of carboxylic acids is 1. The Bertz CT molecular complexity index is 360. The van der Waals surface area contributed by atoms with Gasteiger partial charge in [-0.1, -0.05) is 20.8 Å². The number of nitrogens with zero attached hydrogens (tertiary/aromatic N) is 1. The lowest BCUT2D eigenvalue weighted by Crippen LogP contribution is -2.61. The maximum Gasteiger partial charge on any atom is 0.326 e. The van der Waals surface area contributed by atoms with Crippen LogP contribution in [0.5, 0.6) is 0 Å². The Kier molecular flexibility index (Phi) is 4.61. The van der Waals surface area contributed by atoms with Crippen LogP contribution in [0.2, 0.25) is 0 Å². The van der Waals surface area contributed by atoms with Crippen molar-refractivity contribution in [1.29, 1.82) is 0 Å². The highest BCUT2D eigenvalue weighted by molar-refractivity contribution is 5.89. The van der Waals surface area contributed by atoms with Crippen LogP contribution in [0.25, 0.3) is 0 Å². The number of likely N-dealkylation sites (tertiary alicyclic amines) is 1. The van der Waals surface area contributed by atoms with E-state index >= 15 is 0 Å². The van der Waals surface area contributed by atoms with Crippen molar-refractivity contribution in [2.45, 2.75) is 58.6 Å². The van der Waals surface area contributed by atoms with Gasteiger partial charge in [0.25, 0.3) is 5.91 Å². The third-order valence-corrected chi connectivity index (χ3v) is 4.34. The summed E-state index contributed by atoms with van der Waals surface area (Å²) in [5.41, 5.74) is -1.36. The molecule has 1 saturated heterocycles. The van der Waals surface area contributed by atoms with Gasteiger partial charge < -0.3 is 14.7 Å². The zero-order valence-corrected chi connectivity index (χ0v) is 12.5. The molecule has 110 valence electrons. The van der Waals surface area contributed by atoms with Crippen LogP contribution in [-0.2, 0) is 14.3 Å². The van der Waals surface area contributed by atoms with Crippen LogP contribution in [0.1, 0.15) is 47.0 Å². The van der Waals surface area contributed by atoms with Crippen LogP contribution in [0.15, 0.2) is 0 Å². The van der Waals surface area contributed by atoms with E-state index in [-0.39, 0.29) is 5.91 Å². The molecule has 1 N–H and O–H groups in total. The number of aliphatic carboxylic acids is 1. The first-order chi connectivity index (χ1) is 8.69. The number of hydrogen-bond donors (Lipinski definition) is 1. The lowest BCUT2D eigenvalue weighted by molar-refractivity contribution is -0.170. The van der Waals surface area contributed by atoms with Crippen LogP contribution in [0, 0.1) is 5.41 Å². The minimum absolute atomic E-state index is 0.224. The van der Waals surface area contributed by atoms with Crippen molar-refractivity contribution in [3.8, 4) is 0 Å². The monoisotopic (exact) mass is 271 g/mol. The van der Waals surface area contributed by atoms with Gasteiger partial charge in [-0.25, -0.2) is 4.79 Å². The van der Waals surface area contributed by atoms with Gasteiger partial charge in [-0.3, -0.25) is 4.79 Å². The Hall–Kier alpha value is -1.10. The van der Waals surface area contributed by atoms with E-state index in [4.69, 9.17) is 4.74 Å². The fourth-order valence-corrected chi connectivity index (χ4v) is 2.77. The molecule has 0 spiro atoms. The molecule has 5 nitrogen and oxygen atoms in total. The van der Waals surface area contributed by atoms with Crippen molar-refractivity contribution >= 4 is 11.9 Å². The fraction of sp³-hybridized carbons (Fsp3) is 0.857. The average Bonchev–Trinajstić information content (AvgIpc) is 2.34. The first kappa shape index (κ1) is 16.0. The predicted molar refractivity (Wildman–Crippen MR) is 71.9 cm³/mol. The number of carboxylic acid groups (broad SMARTS) is 1. The quantitative estimate of drug-likeness (QED) is 0.848. The van der Waals surface area contributed by atoms with E-state index in [2.05, 4.69) is 0 Å². The van der Waals surface area contributed by atoms with E-state index in [1.165, 1.54) is 12.0 Å². The van der Waals surface area contributed by atoms with Gasteiger partial charge in [0.1, 0.15) is 11.6 Å². The normalized spacial score (nSPS) is 25.7. The van der Waals surface area contributed by atoms with Gasteiger partial charge in [0, 0.05) is 13.7 Å². The number of carbonyl (C=O) groups excluding carboxylic acids is 1. The molecule has 0 aromatic carbocycles. The molecule has 1 rings (SSSR count). The topological polar surface area (TPSA) is 66.8 Å². The maximum absolute atomic E-state index is 12.6. The number of ether oxygens (including phenoxy) is 1. The van der Waals surface area contributed by atoms with E-state index in [1.807, 2.05) is 20.8 Å². The summed E-state index contributed by atoms with van der Waals surface area (Å²) in [4.78, 5) is 25.7. The van der Waals surface area contributed by atoms with E-state index in [0.717, 1.165) is 12.8 Å². The lowest BCUT2D eigenvalue weighted by atomic mass is 9.75. The Balaban J connectivity index is 3.09. The van der Waals surface area contributed by atoms with E-state index < -0.39 is 23.0 Å². The first-order valence-electron chi connectivity index (χ1n) is 6.78. The van der Waals surface area contributed by atoms with Crippen molar-refractivity contribution in [2.24, 2.45) is 5.41 Å². The van der Waals surface area contributed by atoms with Gasteiger partial charge in [0.15, 0.2) is 0 Å². The molecule has 0 radical (unpaired) electrons. The van der Waals surface area contributed by atoms with Crippen LogP contribution in [0.4, 0.5) is 0 Å². The second kappa shape index (κ2) is 5.49. The van der Waals surface area contributed by atoms with Gasteiger partial charge in [-0.05, 0) is 31.6 Å². The molecule has 0 aliphatic carbocycles. The summed E-state index contributed by atoms with van der Waals surface area (Å²) >= 11 is 0. The van der Waals surface area contributed by atoms with Crippen LogP contribution >= 0.6 is 0 Å². The highest BCUT2D eigenvalue weighted by Crippen LogP contribution is 2.37.